The fourth-order valence-electron chi connectivity index (χ4n) is 2.01. The number of hydrogen-bond donors (Lipinski definition) is 1. The van der Waals surface area contributed by atoms with Crippen molar-refractivity contribution in [3.63, 3.8) is 0 Å². The number of aromatic amines is 1. The molecule has 0 radical (unpaired) electrons. The molecule has 4 heteroatoms. The van der Waals surface area contributed by atoms with Gasteiger partial charge in [-0.1, -0.05) is 0 Å². The van der Waals surface area contributed by atoms with Crippen LogP contribution >= 0.6 is 11.6 Å². The molecule has 0 aromatic carbocycles. The Kier molecular flexibility index (Phi) is 2.98. The van der Waals surface area contributed by atoms with Gasteiger partial charge in [0.25, 0.3) is 0 Å². The molecular formula is C12H17ClN2O. The van der Waals surface area contributed by atoms with E-state index in [4.69, 9.17) is 11.6 Å². The Morgan fingerprint density at radius 3 is 3.06 bits per heavy atom. The number of alkyl halides is 1. The number of carbonyl (C=O) groups is 1. The van der Waals surface area contributed by atoms with Crippen LogP contribution in [0, 0.1) is 5.41 Å². The Hall–Kier alpha value is -0.960. The van der Waals surface area contributed by atoms with Gasteiger partial charge in [0.1, 0.15) is 0 Å². The van der Waals surface area contributed by atoms with Gasteiger partial charge in [0.05, 0.1) is 5.41 Å². The summed E-state index contributed by atoms with van der Waals surface area (Å²) in [7, 11) is 0. The summed E-state index contributed by atoms with van der Waals surface area (Å²) in [4.78, 5) is 17.3. The minimum atomic E-state index is -0.463. The highest BCUT2D eigenvalue weighted by Gasteiger charge is 2.32. The summed E-state index contributed by atoms with van der Waals surface area (Å²) in [6.45, 7) is 5.29. The van der Waals surface area contributed by atoms with Gasteiger partial charge in [0, 0.05) is 37.3 Å². The van der Waals surface area contributed by atoms with Gasteiger partial charge in [-0.25, -0.2) is 0 Å². The van der Waals surface area contributed by atoms with Gasteiger partial charge in [0.2, 0.25) is 5.91 Å². The van der Waals surface area contributed by atoms with Gasteiger partial charge in [-0.15, -0.1) is 11.6 Å². The van der Waals surface area contributed by atoms with E-state index in [1.54, 1.807) is 0 Å². The highest BCUT2D eigenvalue weighted by atomic mass is 35.5. The van der Waals surface area contributed by atoms with Crippen molar-refractivity contribution < 1.29 is 4.79 Å². The van der Waals surface area contributed by atoms with E-state index < -0.39 is 5.41 Å². The first-order chi connectivity index (χ1) is 7.54. The molecule has 0 spiro atoms. The molecule has 2 rings (SSSR count). The number of hydrogen-bond acceptors (Lipinski definition) is 1. The Balaban J connectivity index is 2.12. The van der Waals surface area contributed by atoms with Gasteiger partial charge < -0.3 is 9.88 Å². The summed E-state index contributed by atoms with van der Waals surface area (Å²) in [5.74, 6) is 0.511. The van der Waals surface area contributed by atoms with Gasteiger partial charge in [-0.2, -0.15) is 0 Å². The van der Waals surface area contributed by atoms with E-state index in [1.165, 1.54) is 11.3 Å². The zero-order chi connectivity index (χ0) is 11.8. The number of carbonyl (C=O) groups excluding carboxylic acids is 1. The van der Waals surface area contributed by atoms with Crippen molar-refractivity contribution in [2.24, 2.45) is 5.41 Å². The summed E-state index contributed by atoms with van der Waals surface area (Å²) >= 11 is 5.83. The van der Waals surface area contributed by atoms with Crippen LogP contribution in [0.3, 0.4) is 0 Å². The SMILES string of the molecule is CC(C)(CCl)C(=O)N1CCc2[nH]ccc2C1. The number of amides is 1. The maximum absolute atomic E-state index is 12.2. The van der Waals surface area contributed by atoms with Crippen molar-refractivity contribution in [1.29, 1.82) is 0 Å². The topological polar surface area (TPSA) is 36.1 Å². The Morgan fingerprint density at radius 2 is 2.38 bits per heavy atom. The van der Waals surface area contributed by atoms with Crippen molar-refractivity contribution in [3.05, 3.63) is 23.5 Å². The summed E-state index contributed by atoms with van der Waals surface area (Å²) in [5.41, 5.74) is 2.02. The molecule has 1 aromatic heterocycles. The lowest BCUT2D eigenvalue weighted by atomic mass is 9.93. The number of fused-ring (bicyclic) bond motifs is 1. The Labute approximate surface area is 101 Å². The number of nitrogens with zero attached hydrogens (tertiary/aromatic N) is 1. The predicted molar refractivity (Wildman–Crippen MR) is 64.4 cm³/mol. The van der Waals surface area contributed by atoms with Crippen LogP contribution < -0.4 is 0 Å². The standard InChI is InChI=1S/C12H17ClN2O/c1-12(2,8-13)11(16)15-6-4-10-9(7-15)3-5-14-10/h3,5,14H,4,6-8H2,1-2H3. The predicted octanol–water partition coefficient (Wildman–Crippen LogP) is 2.16. The minimum absolute atomic E-state index is 0.148. The number of aromatic nitrogens is 1. The number of nitrogens with one attached hydrogen (secondary N) is 1. The molecule has 0 fully saturated rings. The molecular weight excluding hydrogens is 224 g/mol. The molecule has 2 heterocycles. The van der Waals surface area contributed by atoms with Crippen LogP contribution in [-0.2, 0) is 17.8 Å². The first-order valence-electron chi connectivity index (χ1n) is 5.55. The molecule has 3 nitrogen and oxygen atoms in total. The van der Waals surface area contributed by atoms with E-state index in [9.17, 15) is 4.79 Å². The summed E-state index contributed by atoms with van der Waals surface area (Å²) in [5, 5.41) is 0. The molecule has 1 aromatic rings. The maximum atomic E-state index is 12.2. The fraction of sp³-hybridized carbons (Fsp3) is 0.583. The molecule has 1 aliphatic heterocycles. The first kappa shape index (κ1) is 11.5. The second kappa shape index (κ2) is 4.13. The fourth-order valence-corrected chi connectivity index (χ4v) is 2.12. The van der Waals surface area contributed by atoms with Crippen LogP contribution in [0.25, 0.3) is 0 Å². The van der Waals surface area contributed by atoms with E-state index in [0.29, 0.717) is 12.4 Å². The van der Waals surface area contributed by atoms with Crippen LogP contribution in [0.4, 0.5) is 0 Å². The van der Waals surface area contributed by atoms with Gasteiger partial charge in [-0.3, -0.25) is 4.79 Å². The smallest absolute Gasteiger partial charge is 0.229 e. The number of H-pyrrole nitrogens is 1. The van der Waals surface area contributed by atoms with E-state index in [1.807, 2.05) is 31.0 Å². The minimum Gasteiger partial charge on any atom is -0.365 e. The quantitative estimate of drug-likeness (QED) is 0.791. The summed E-state index contributed by atoms with van der Waals surface area (Å²) in [6.07, 6.45) is 2.85. The van der Waals surface area contributed by atoms with E-state index >= 15 is 0 Å². The third-order valence-electron chi connectivity index (χ3n) is 3.12. The average Bonchev–Trinajstić information content (AvgIpc) is 2.74. The number of rotatable bonds is 2. The monoisotopic (exact) mass is 240 g/mol. The van der Waals surface area contributed by atoms with Crippen molar-refractivity contribution in [3.8, 4) is 0 Å². The molecule has 88 valence electrons. The zero-order valence-electron chi connectivity index (χ0n) is 9.72. The molecule has 0 saturated carbocycles. The van der Waals surface area contributed by atoms with Crippen LogP contribution in [0.15, 0.2) is 12.3 Å². The Morgan fingerprint density at radius 1 is 1.62 bits per heavy atom. The maximum Gasteiger partial charge on any atom is 0.229 e. The lowest BCUT2D eigenvalue weighted by Crippen LogP contribution is -2.44. The largest absolute Gasteiger partial charge is 0.365 e. The lowest BCUT2D eigenvalue weighted by molar-refractivity contribution is -0.140. The molecule has 1 aliphatic rings. The first-order valence-corrected chi connectivity index (χ1v) is 6.08. The lowest BCUT2D eigenvalue weighted by Gasteiger charge is -2.33. The van der Waals surface area contributed by atoms with E-state index in [0.717, 1.165) is 13.0 Å². The van der Waals surface area contributed by atoms with Crippen molar-refractivity contribution >= 4 is 17.5 Å². The molecule has 1 N–H and O–H groups in total. The van der Waals surface area contributed by atoms with Crippen LogP contribution in [0.2, 0.25) is 0 Å². The Bertz CT molecular complexity index is 397. The second-order valence-electron chi connectivity index (χ2n) is 4.98. The molecule has 0 atom stereocenters. The molecule has 1 amide bonds. The average molecular weight is 241 g/mol. The van der Waals surface area contributed by atoms with Crippen molar-refractivity contribution in [1.82, 2.24) is 9.88 Å². The van der Waals surface area contributed by atoms with Gasteiger partial charge in [0.15, 0.2) is 0 Å². The second-order valence-corrected chi connectivity index (χ2v) is 5.24. The van der Waals surface area contributed by atoms with E-state index in [2.05, 4.69) is 4.98 Å². The highest BCUT2D eigenvalue weighted by Crippen LogP contribution is 2.25. The molecule has 0 saturated heterocycles. The summed E-state index contributed by atoms with van der Waals surface area (Å²) < 4.78 is 0. The van der Waals surface area contributed by atoms with Crippen molar-refractivity contribution in [2.45, 2.75) is 26.8 Å². The third kappa shape index (κ3) is 1.96. The normalized spacial score (nSPS) is 16.1. The molecule has 0 bridgehead atoms. The van der Waals surface area contributed by atoms with Crippen LogP contribution in [0.1, 0.15) is 25.1 Å². The van der Waals surface area contributed by atoms with E-state index in [-0.39, 0.29) is 5.91 Å². The molecule has 0 aliphatic carbocycles. The van der Waals surface area contributed by atoms with Crippen molar-refractivity contribution in [2.75, 3.05) is 12.4 Å². The van der Waals surface area contributed by atoms with Gasteiger partial charge in [-0.05, 0) is 25.5 Å². The zero-order valence-corrected chi connectivity index (χ0v) is 10.5. The molecule has 16 heavy (non-hydrogen) atoms. The molecule has 0 unspecified atom stereocenters. The third-order valence-corrected chi connectivity index (χ3v) is 3.79. The van der Waals surface area contributed by atoms with Gasteiger partial charge >= 0.3 is 0 Å². The number of halogens is 1. The summed E-state index contributed by atoms with van der Waals surface area (Å²) in [6, 6.07) is 2.04. The highest BCUT2D eigenvalue weighted by molar-refractivity contribution is 6.19. The van der Waals surface area contributed by atoms with Crippen LogP contribution in [0.5, 0.6) is 0 Å². The van der Waals surface area contributed by atoms with Crippen LogP contribution in [-0.4, -0.2) is 28.2 Å².